The van der Waals surface area contributed by atoms with E-state index in [9.17, 15) is 13.2 Å². The van der Waals surface area contributed by atoms with Gasteiger partial charge in [0.15, 0.2) is 0 Å². The first-order chi connectivity index (χ1) is 15.9. The van der Waals surface area contributed by atoms with Gasteiger partial charge < -0.3 is 5.32 Å². The molecule has 8 heteroatoms. The van der Waals surface area contributed by atoms with Crippen molar-refractivity contribution in [3.63, 3.8) is 0 Å². The molecule has 2 aromatic carbocycles. The van der Waals surface area contributed by atoms with Gasteiger partial charge in [0, 0.05) is 23.3 Å². The molecule has 0 saturated carbocycles. The van der Waals surface area contributed by atoms with E-state index in [1.165, 1.54) is 12.1 Å². The number of carbonyl (C=O) groups excluding carboxylic acids is 1. The van der Waals surface area contributed by atoms with Crippen LogP contribution in [0.4, 0.5) is 5.69 Å². The molecular weight excluding hydrogens is 436 g/mol. The molecule has 0 aliphatic rings. The predicted molar refractivity (Wildman–Crippen MR) is 129 cm³/mol. The number of para-hydroxylation sites is 1. The molecule has 2 heterocycles. The van der Waals surface area contributed by atoms with Crippen LogP contribution >= 0.6 is 0 Å². The fraction of sp³-hybridized carbons (Fsp3) is 0.160. The van der Waals surface area contributed by atoms with Crippen LogP contribution in [0.3, 0.4) is 0 Å². The maximum absolute atomic E-state index is 13.2. The first-order valence-electron chi connectivity index (χ1n) is 10.6. The first-order valence-corrected chi connectivity index (χ1v) is 12.1. The molecule has 2 N–H and O–H groups in total. The molecule has 2 aromatic heterocycles. The van der Waals surface area contributed by atoms with Gasteiger partial charge >= 0.3 is 0 Å². The Morgan fingerprint density at radius 3 is 2.39 bits per heavy atom. The van der Waals surface area contributed by atoms with Gasteiger partial charge in [-0.3, -0.25) is 9.78 Å². The fourth-order valence-electron chi connectivity index (χ4n) is 3.34. The molecule has 33 heavy (non-hydrogen) atoms. The highest BCUT2D eigenvalue weighted by Crippen LogP contribution is 2.25. The Morgan fingerprint density at radius 2 is 1.70 bits per heavy atom. The molecule has 0 aliphatic carbocycles. The van der Waals surface area contributed by atoms with Crippen molar-refractivity contribution in [2.24, 2.45) is 0 Å². The Hall–Kier alpha value is -3.62. The number of nitrogens with one attached hydrogen (secondary N) is 2. The Kier molecular flexibility index (Phi) is 6.48. The summed E-state index contributed by atoms with van der Waals surface area (Å²) < 4.78 is 27.5. The SMILES string of the molecule is CC[C@H](C)NS(=O)(=O)c1ccc(NC(=O)c2cc(-c3ccccn3)nc3ccccc23)cc1. The molecule has 7 nitrogen and oxygen atoms in total. The van der Waals surface area contributed by atoms with Crippen LogP contribution in [0.15, 0.2) is 83.9 Å². The van der Waals surface area contributed by atoms with Crippen molar-refractivity contribution >= 4 is 32.5 Å². The molecule has 1 atom stereocenters. The number of pyridine rings is 2. The molecule has 168 valence electrons. The maximum atomic E-state index is 13.2. The first kappa shape index (κ1) is 22.6. The number of fused-ring (bicyclic) bond motifs is 1. The summed E-state index contributed by atoms with van der Waals surface area (Å²) in [5.74, 6) is -0.320. The van der Waals surface area contributed by atoms with Gasteiger partial charge in [0.25, 0.3) is 5.91 Å². The summed E-state index contributed by atoms with van der Waals surface area (Å²) in [6.07, 6.45) is 2.37. The number of amides is 1. The van der Waals surface area contributed by atoms with Crippen LogP contribution in [0.2, 0.25) is 0 Å². The molecule has 4 aromatic rings. The van der Waals surface area contributed by atoms with Crippen LogP contribution in [0, 0.1) is 0 Å². The van der Waals surface area contributed by atoms with Crippen LogP contribution in [-0.4, -0.2) is 30.3 Å². The van der Waals surface area contributed by atoms with E-state index in [1.54, 1.807) is 24.4 Å². The Balaban J connectivity index is 1.63. The van der Waals surface area contributed by atoms with Crippen molar-refractivity contribution in [1.29, 1.82) is 0 Å². The second kappa shape index (κ2) is 9.48. The third-order valence-corrected chi connectivity index (χ3v) is 6.88. The number of rotatable bonds is 7. The minimum Gasteiger partial charge on any atom is -0.322 e. The van der Waals surface area contributed by atoms with Gasteiger partial charge in [-0.05, 0) is 61.9 Å². The lowest BCUT2D eigenvalue weighted by Gasteiger charge is -2.13. The number of sulfonamides is 1. The van der Waals surface area contributed by atoms with E-state index in [0.29, 0.717) is 40.0 Å². The summed E-state index contributed by atoms with van der Waals surface area (Å²) in [4.78, 5) is 22.3. The Bertz CT molecular complexity index is 1390. The molecule has 4 rings (SSSR count). The zero-order valence-electron chi connectivity index (χ0n) is 18.3. The predicted octanol–water partition coefficient (Wildman–Crippen LogP) is 4.63. The number of hydrogen-bond donors (Lipinski definition) is 2. The van der Waals surface area contributed by atoms with E-state index >= 15 is 0 Å². The van der Waals surface area contributed by atoms with Crippen molar-refractivity contribution in [1.82, 2.24) is 14.7 Å². The van der Waals surface area contributed by atoms with Crippen LogP contribution in [0.25, 0.3) is 22.3 Å². The van der Waals surface area contributed by atoms with Crippen LogP contribution in [-0.2, 0) is 10.0 Å². The summed E-state index contributed by atoms with van der Waals surface area (Å²) in [7, 11) is -3.61. The molecular formula is C25H24N4O3S. The van der Waals surface area contributed by atoms with E-state index in [0.717, 1.165) is 0 Å². The van der Waals surface area contributed by atoms with Gasteiger partial charge in [-0.25, -0.2) is 18.1 Å². The lowest BCUT2D eigenvalue weighted by Crippen LogP contribution is -2.31. The monoisotopic (exact) mass is 460 g/mol. The summed E-state index contributed by atoms with van der Waals surface area (Å²) in [5.41, 5.74) is 2.89. The molecule has 0 spiro atoms. The van der Waals surface area contributed by atoms with E-state index in [-0.39, 0.29) is 16.8 Å². The minimum atomic E-state index is -3.61. The third kappa shape index (κ3) is 5.08. The Labute approximate surface area is 193 Å². The molecule has 1 amide bonds. The van der Waals surface area contributed by atoms with Crippen LogP contribution in [0.5, 0.6) is 0 Å². The van der Waals surface area contributed by atoms with Crippen molar-refractivity contribution < 1.29 is 13.2 Å². The van der Waals surface area contributed by atoms with Gasteiger partial charge in [-0.2, -0.15) is 0 Å². The number of carbonyl (C=O) groups is 1. The average molecular weight is 461 g/mol. The molecule has 0 radical (unpaired) electrons. The standard InChI is InChI=1S/C25H24N4O3S/c1-3-17(2)29-33(31,32)19-13-11-18(12-14-19)27-25(30)21-16-24(23-10-6-7-15-26-23)28-22-9-5-4-8-20(21)22/h4-17,29H,3H2,1-2H3,(H,27,30)/t17-/m0/s1. The highest BCUT2D eigenvalue weighted by Gasteiger charge is 2.18. The van der Waals surface area contributed by atoms with Crippen molar-refractivity contribution in [3.05, 3.63) is 84.6 Å². The van der Waals surface area contributed by atoms with E-state index in [4.69, 9.17) is 0 Å². The van der Waals surface area contributed by atoms with Crippen LogP contribution < -0.4 is 10.0 Å². The normalized spacial score (nSPS) is 12.4. The fourth-order valence-corrected chi connectivity index (χ4v) is 4.67. The van der Waals surface area contributed by atoms with Gasteiger partial charge in [-0.15, -0.1) is 0 Å². The van der Waals surface area contributed by atoms with Gasteiger partial charge in [0.1, 0.15) is 0 Å². The summed E-state index contributed by atoms with van der Waals surface area (Å²) in [6.45, 7) is 3.72. The zero-order valence-corrected chi connectivity index (χ0v) is 19.1. The average Bonchev–Trinajstić information content (AvgIpc) is 2.83. The van der Waals surface area contributed by atoms with Crippen molar-refractivity contribution in [2.75, 3.05) is 5.32 Å². The lowest BCUT2D eigenvalue weighted by atomic mass is 10.1. The van der Waals surface area contributed by atoms with Gasteiger partial charge in [0.05, 0.1) is 27.4 Å². The highest BCUT2D eigenvalue weighted by atomic mass is 32.2. The summed E-state index contributed by atoms with van der Waals surface area (Å²) in [5, 5.41) is 3.57. The zero-order chi connectivity index (χ0) is 23.4. The molecule has 0 unspecified atom stereocenters. The number of benzene rings is 2. The second-order valence-electron chi connectivity index (χ2n) is 7.70. The van der Waals surface area contributed by atoms with E-state index in [1.807, 2.05) is 56.3 Å². The molecule has 0 saturated heterocycles. The number of anilines is 1. The highest BCUT2D eigenvalue weighted by molar-refractivity contribution is 7.89. The molecule has 0 bridgehead atoms. The van der Waals surface area contributed by atoms with Crippen molar-refractivity contribution in [2.45, 2.75) is 31.2 Å². The number of nitrogens with zero attached hydrogens (tertiary/aromatic N) is 2. The molecule has 0 fully saturated rings. The van der Waals surface area contributed by atoms with Gasteiger partial charge in [0.2, 0.25) is 10.0 Å². The van der Waals surface area contributed by atoms with Crippen molar-refractivity contribution in [3.8, 4) is 11.4 Å². The lowest BCUT2D eigenvalue weighted by molar-refractivity contribution is 0.102. The van der Waals surface area contributed by atoms with Crippen LogP contribution in [0.1, 0.15) is 30.6 Å². The maximum Gasteiger partial charge on any atom is 0.256 e. The Morgan fingerprint density at radius 1 is 0.970 bits per heavy atom. The number of aromatic nitrogens is 2. The van der Waals surface area contributed by atoms with E-state index in [2.05, 4.69) is 20.0 Å². The summed E-state index contributed by atoms with van der Waals surface area (Å²) >= 11 is 0. The smallest absolute Gasteiger partial charge is 0.256 e. The summed E-state index contributed by atoms with van der Waals surface area (Å²) in [6, 6.07) is 20.6. The second-order valence-corrected chi connectivity index (χ2v) is 9.41. The van der Waals surface area contributed by atoms with E-state index < -0.39 is 10.0 Å². The number of hydrogen-bond acceptors (Lipinski definition) is 5. The quantitative estimate of drug-likeness (QED) is 0.419. The third-order valence-electron chi connectivity index (χ3n) is 5.28. The van der Waals surface area contributed by atoms with Gasteiger partial charge in [-0.1, -0.05) is 31.2 Å². The minimum absolute atomic E-state index is 0.146. The largest absolute Gasteiger partial charge is 0.322 e. The molecule has 0 aliphatic heterocycles. The topological polar surface area (TPSA) is 101 Å².